The van der Waals surface area contributed by atoms with E-state index in [1.54, 1.807) is 0 Å². The number of carbonyl (C=O) groups excluding carboxylic acids is 1. The van der Waals surface area contributed by atoms with Crippen LogP contribution in [0.4, 0.5) is 0 Å². The van der Waals surface area contributed by atoms with E-state index >= 15 is 0 Å². The molecule has 2 aromatic rings. The van der Waals surface area contributed by atoms with E-state index < -0.39 is 0 Å². The Labute approximate surface area is 106 Å². The molecule has 4 heteroatoms. The first-order chi connectivity index (χ1) is 8.74. The highest BCUT2D eigenvalue weighted by Crippen LogP contribution is 2.20. The predicted octanol–water partition coefficient (Wildman–Crippen LogP) is 1.77. The maximum absolute atomic E-state index is 11.4. The van der Waals surface area contributed by atoms with Gasteiger partial charge in [0.05, 0.1) is 13.0 Å². The summed E-state index contributed by atoms with van der Waals surface area (Å²) < 4.78 is 4.95. The van der Waals surface area contributed by atoms with Crippen molar-refractivity contribution in [2.75, 3.05) is 13.2 Å². The maximum Gasteiger partial charge on any atom is 0.310 e. The second kappa shape index (κ2) is 5.69. The minimum absolute atomic E-state index is 0.187. The van der Waals surface area contributed by atoms with Crippen LogP contribution in [0.5, 0.6) is 0 Å². The molecule has 0 aliphatic carbocycles. The average Bonchev–Trinajstić information content (AvgIpc) is 2.73. The quantitative estimate of drug-likeness (QED) is 0.790. The molecular weight excluding hydrogens is 228 g/mol. The fourth-order valence-corrected chi connectivity index (χ4v) is 2.08. The van der Waals surface area contributed by atoms with Gasteiger partial charge < -0.3 is 15.5 Å². The monoisotopic (exact) mass is 246 g/mol. The lowest BCUT2D eigenvalue weighted by molar-refractivity contribution is -0.142. The standard InChI is InChI=1S/C14H18N2O2/c1-2-18-14(17)8-10-3-4-13-12(7-10)11(5-6-15)9-16-13/h3-4,7,9,16H,2,5-6,8,15H2,1H3. The number of hydrogen-bond donors (Lipinski definition) is 2. The number of esters is 1. The Hall–Kier alpha value is -1.81. The molecule has 0 aliphatic rings. The van der Waals surface area contributed by atoms with Gasteiger partial charge in [0.25, 0.3) is 0 Å². The minimum Gasteiger partial charge on any atom is -0.466 e. The zero-order chi connectivity index (χ0) is 13.0. The van der Waals surface area contributed by atoms with Crippen LogP contribution in [-0.2, 0) is 22.4 Å². The third kappa shape index (κ3) is 2.71. The molecule has 18 heavy (non-hydrogen) atoms. The summed E-state index contributed by atoms with van der Waals surface area (Å²) in [4.78, 5) is 14.7. The van der Waals surface area contributed by atoms with Gasteiger partial charge in [-0.3, -0.25) is 4.79 Å². The van der Waals surface area contributed by atoms with Gasteiger partial charge in [-0.15, -0.1) is 0 Å². The molecule has 0 amide bonds. The van der Waals surface area contributed by atoms with Crippen molar-refractivity contribution in [3.63, 3.8) is 0 Å². The van der Waals surface area contributed by atoms with Crippen LogP contribution < -0.4 is 5.73 Å². The zero-order valence-corrected chi connectivity index (χ0v) is 10.5. The molecule has 3 N–H and O–H groups in total. The number of nitrogens with one attached hydrogen (secondary N) is 1. The van der Waals surface area contributed by atoms with E-state index in [0.717, 1.165) is 22.9 Å². The number of rotatable bonds is 5. The Morgan fingerprint density at radius 3 is 3.00 bits per heavy atom. The number of aromatic amines is 1. The molecule has 96 valence electrons. The Bertz CT molecular complexity index is 546. The van der Waals surface area contributed by atoms with Crippen molar-refractivity contribution in [1.82, 2.24) is 4.98 Å². The fourth-order valence-electron chi connectivity index (χ4n) is 2.08. The van der Waals surface area contributed by atoms with Gasteiger partial charge in [-0.2, -0.15) is 0 Å². The molecule has 0 spiro atoms. The molecule has 0 radical (unpaired) electrons. The number of H-pyrrole nitrogens is 1. The second-order valence-corrected chi connectivity index (χ2v) is 4.21. The lowest BCUT2D eigenvalue weighted by Crippen LogP contribution is -2.07. The van der Waals surface area contributed by atoms with Crippen molar-refractivity contribution < 1.29 is 9.53 Å². The lowest BCUT2D eigenvalue weighted by atomic mass is 10.1. The van der Waals surface area contributed by atoms with Crippen molar-refractivity contribution in [1.29, 1.82) is 0 Å². The second-order valence-electron chi connectivity index (χ2n) is 4.21. The Morgan fingerprint density at radius 2 is 2.28 bits per heavy atom. The molecule has 0 saturated heterocycles. The van der Waals surface area contributed by atoms with Crippen molar-refractivity contribution in [3.05, 3.63) is 35.5 Å². The minimum atomic E-state index is -0.187. The molecule has 1 heterocycles. The van der Waals surface area contributed by atoms with Gasteiger partial charge in [0, 0.05) is 17.1 Å². The SMILES string of the molecule is CCOC(=O)Cc1ccc2[nH]cc(CCN)c2c1. The topological polar surface area (TPSA) is 68.1 Å². The molecule has 1 aromatic carbocycles. The average molecular weight is 246 g/mol. The van der Waals surface area contributed by atoms with Crippen LogP contribution >= 0.6 is 0 Å². The van der Waals surface area contributed by atoms with E-state index in [4.69, 9.17) is 10.5 Å². The molecule has 2 rings (SSSR count). The van der Waals surface area contributed by atoms with Crippen LogP contribution in [0.3, 0.4) is 0 Å². The van der Waals surface area contributed by atoms with Gasteiger partial charge in [-0.05, 0) is 43.1 Å². The van der Waals surface area contributed by atoms with Crippen molar-refractivity contribution >= 4 is 16.9 Å². The van der Waals surface area contributed by atoms with Gasteiger partial charge in [0.1, 0.15) is 0 Å². The highest BCUT2D eigenvalue weighted by atomic mass is 16.5. The Morgan fingerprint density at radius 1 is 1.44 bits per heavy atom. The van der Waals surface area contributed by atoms with Gasteiger partial charge >= 0.3 is 5.97 Å². The third-order valence-electron chi connectivity index (χ3n) is 2.90. The van der Waals surface area contributed by atoms with E-state index in [1.807, 2.05) is 31.3 Å². The molecular formula is C14H18N2O2. The number of aromatic nitrogens is 1. The highest BCUT2D eigenvalue weighted by molar-refractivity contribution is 5.85. The number of fused-ring (bicyclic) bond motifs is 1. The summed E-state index contributed by atoms with van der Waals surface area (Å²) in [6.45, 7) is 2.85. The largest absolute Gasteiger partial charge is 0.466 e. The number of benzene rings is 1. The normalized spacial score (nSPS) is 10.8. The zero-order valence-electron chi connectivity index (χ0n) is 10.5. The highest BCUT2D eigenvalue weighted by Gasteiger charge is 2.07. The van der Waals surface area contributed by atoms with Gasteiger partial charge in [0.2, 0.25) is 0 Å². The molecule has 0 atom stereocenters. The number of carbonyl (C=O) groups is 1. The molecule has 0 unspecified atom stereocenters. The smallest absolute Gasteiger partial charge is 0.310 e. The van der Waals surface area contributed by atoms with E-state index in [1.165, 1.54) is 5.56 Å². The summed E-state index contributed by atoms with van der Waals surface area (Å²) in [6, 6.07) is 5.97. The van der Waals surface area contributed by atoms with Gasteiger partial charge in [0.15, 0.2) is 0 Å². The molecule has 0 bridgehead atoms. The summed E-state index contributed by atoms with van der Waals surface area (Å²) in [5, 5.41) is 1.14. The molecule has 1 aromatic heterocycles. The molecule has 4 nitrogen and oxygen atoms in total. The summed E-state index contributed by atoms with van der Waals surface area (Å²) in [5.74, 6) is -0.187. The first-order valence-electron chi connectivity index (χ1n) is 6.19. The van der Waals surface area contributed by atoms with E-state index in [2.05, 4.69) is 4.98 Å². The number of hydrogen-bond acceptors (Lipinski definition) is 3. The van der Waals surface area contributed by atoms with Gasteiger partial charge in [-0.25, -0.2) is 0 Å². The molecule has 0 aliphatic heterocycles. The van der Waals surface area contributed by atoms with Gasteiger partial charge in [-0.1, -0.05) is 6.07 Å². The fraction of sp³-hybridized carbons (Fsp3) is 0.357. The number of nitrogens with two attached hydrogens (primary N) is 1. The Kier molecular flexibility index (Phi) is 3.99. The summed E-state index contributed by atoms with van der Waals surface area (Å²) in [5.41, 5.74) is 8.82. The van der Waals surface area contributed by atoms with Crippen LogP contribution in [0.25, 0.3) is 10.9 Å². The van der Waals surface area contributed by atoms with E-state index in [0.29, 0.717) is 19.6 Å². The predicted molar refractivity (Wildman–Crippen MR) is 71.4 cm³/mol. The van der Waals surface area contributed by atoms with E-state index in [9.17, 15) is 4.79 Å². The van der Waals surface area contributed by atoms with Crippen LogP contribution in [0.15, 0.2) is 24.4 Å². The summed E-state index contributed by atoms with van der Waals surface area (Å²) in [6.07, 6.45) is 3.13. The van der Waals surface area contributed by atoms with Crippen LogP contribution in [0, 0.1) is 0 Å². The lowest BCUT2D eigenvalue weighted by Gasteiger charge is -2.03. The summed E-state index contributed by atoms with van der Waals surface area (Å²) >= 11 is 0. The Balaban J connectivity index is 2.24. The van der Waals surface area contributed by atoms with Crippen molar-refractivity contribution in [2.45, 2.75) is 19.8 Å². The first kappa shape index (κ1) is 12.6. The van der Waals surface area contributed by atoms with Crippen molar-refractivity contribution in [3.8, 4) is 0 Å². The number of ether oxygens (including phenoxy) is 1. The van der Waals surface area contributed by atoms with Crippen molar-refractivity contribution in [2.24, 2.45) is 5.73 Å². The van der Waals surface area contributed by atoms with Crippen LogP contribution in [0.2, 0.25) is 0 Å². The van der Waals surface area contributed by atoms with Crippen LogP contribution in [-0.4, -0.2) is 24.1 Å². The van der Waals surface area contributed by atoms with E-state index in [-0.39, 0.29) is 5.97 Å². The first-order valence-corrected chi connectivity index (χ1v) is 6.19. The molecule has 0 saturated carbocycles. The molecule has 0 fully saturated rings. The maximum atomic E-state index is 11.4. The van der Waals surface area contributed by atoms with Crippen LogP contribution in [0.1, 0.15) is 18.1 Å². The third-order valence-corrected chi connectivity index (χ3v) is 2.90. The summed E-state index contributed by atoms with van der Waals surface area (Å²) in [7, 11) is 0.